The Morgan fingerprint density at radius 1 is 1.73 bits per heavy atom. The van der Waals surface area contributed by atoms with Crippen molar-refractivity contribution in [1.29, 1.82) is 0 Å². The van der Waals surface area contributed by atoms with Gasteiger partial charge in [-0.2, -0.15) is 0 Å². The molecule has 1 rings (SSSR count). The van der Waals surface area contributed by atoms with Crippen LogP contribution in [0.3, 0.4) is 0 Å². The molecule has 2 amide bonds. The topological polar surface area (TPSA) is 49.4 Å². The Morgan fingerprint density at radius 2 is 2.36 bits per heavy atom. The SMILES string of the molecule is CNC(=O)[C@H]1CCC(=O)N1C. The molecule has 1 aliphatic rings. The summed E-state index contributed by atoms with van der Waals surface area (Å²) in [7, 11) is 3.24. The van der Waals surface area contributed by atoms with Crippen LogP contribution in [0.4, 0.5) is 0 Å². The van der Waals surface area contributed by atoms with Crippen molar-refractivity contribution in [3.05, 3.63) is 0 Å². The zero-order valence-electron chi connectivity index (χ0n) is 6.76. The van der Waals surface area contributed by atoms with Gasteiger partial charge in [0.25, 0.3) is 0 Å². The molecule has 4 nitrogen and oxygen atoms in total. The van der Waals surface area contributed by atoms with E-state index in [9.17, 15) is 9.59 Å². The normalized spacial score (nSPS) is 24.0. The molecule has 4 heteroatoms. The molecule has 1 saturated heterocycles. The third-order valence-corrected chi connectivity index (χ3v) is 2.04. The molecule has 0 aliphatic carbocycles. The second-order valence-electron chi connectivity index (χ2n) is 2.67. The van der Waals surface area contributed by atoms with E-state index in [-0.39, 0.29) is 17.9 Å². The number of rotatable bonds is 1. The minimum absolute atomic E-state index is 0.0543. The second-order valence-corrected chi connectivity index (χ2v) is 2.67. The van der Waals surface area contributed by atoms with Gasteiger partial charge in [0, 0.05) is 20.5 Å². The Bertz CT molecular complexity index is 191. The summed E-state index contributed by atoms with van der Waals surface area (Å²) in [6, 6.07) is -0.243. The van der Waals surface area contributed by atoms with Gasteiger partial charge in [-0.25, -0.2) is 0 Å². The number of carbonyl (C=O) groups is 2. The summed E-state index contributed by atoms with van der Waals surface area (Å²) in [5.74, 6) is -0.0167. The van der Waals surface area contributed by atoms with Gasteiger partial charge >= 0.3 is 0 Å². The summed E-state index contributed by atoms with van der Waals surface area (Å²) >= 11 is 0. The lowest BCUT2D eigenvalue weighted by molar-refractivity contribution is -0.133. The molecule has 1 aliphatic heterocycles. The fraction of sp³-hybridized carbons (Fsp3) is 0.714. The van der Waals surface area contributed by atoms with Crippen molar-refractivity contribution in [3.8, 4) is 0 Å². The highest BCUT2D eigenvalue weighted by molar-refractivity contribution is 5.90. The van der Waals surface area contributed by atoms with Gasteiger partial charge in [0.2, 0.25) is 11.8 Å². The van der Waals surface area contributed by atoms with Crippen LogP contribution in [0, 0.1) is 0 Å². The van der Waals surface area contributed by atoms with Gasteiger partial charge in [-0.1, -0.05) is 0 Å². The molecule has 1 N–H and O–H groups in total. The molecular weight excluding hydrogens is 144 g/mol. The van der Waals surface area contributed by atoms with Crippen LogP contribution in [0.15, 0.2) is 0 Å². The average molecular weight is 156 g/mol. The van der Waals surface area contributed by atoms with Gasteiger partial charge in [0.15, 0.2) is 0 Å². The van der Waals surface area contributed by atoms with Crippen molar-refractivity contribution in [2.24, 2.45) is 0 Å². The lowest BCUT2D eigenvalue weighted by atomic mass is 10.2. The van der Waals surface area contributed by atoms with Crippen LogP contribution in [-0.2, 0) is 9.59 Å². The number of likely N-dealkylation sites (tertiary alicyclic amines) is 1. The van der Waals surface area contributed by atoms with E-state index in [4.69, 9.17) is 0 Å². The van der Waals surface area contributed by atoms with Crippen molar-refractivity contribution >= 4 is 11.8 Å². The van der Waals surface area contributed by atoms with Crippen molar-refractivity contribution in [2.75, 3.05) is 14.1 Å². The molecule has 0 bridgehead atoms. The van der Waals surface area contributed by atoms with E-state index in [1.807, 2.05) is 0 Å². The van der Waals surface area contributed by atoms with Crippen LogP contribution in [0.2, 0.25) is 0 Å². The number of nitrogens with zero attached hydrogens (tertiary/aromatic N) is 1. The molecule has 0 aromatic carbocycles. The summed E-state index contributed by atoms with van der Waals surface area (Å²) in [5, 5.41) is 2.53. The summed E-state index contributed by atoms with van der Waals surface area (Å²) in [6.45, 7) is 0. The Labute approximate surface area is 65.6 Å². The fourth-order valence-electron chi connectivity index (χ4n) is 1.28. The van der Waals surface area contributed by atoms with Crippen LogP contribution in [0.5, 0.6) is 0 Å². The Hall–Kier alpha value is -1.06. The molecule has 11 heavy (non-hydrogen) atoms. The monoisotopic (exact) mass is 156 g/mol. The maximum absolute atomic E-state index is 11.1. The maximum Gasteiger partial charge on any atom is 0.242 e. The molecule has 0 radical (unpaired) electrons. The lowest BCUT2D eigenvalue weighted by Gasteiger charge is -2.17. The molecule has 0 aromatic heterocycles. The van der Waals surface area contributed by atoms with E-state index in [1.54, 1.807) is 14.1 Å². The van der Waals surface area contributed by atoms with Gasteiger partial charge in [-0.15, -0.1) is 0 Å². The number of hydrogen-bond donors (Lipinski definition) is 1. The van der Waals surface area contributed by atoms with Crippen molar-refractivity contribution < 1.29 is 9.59 Å². The lowest BCUT2D eigenvalue weighted by Crippen LogP contribution is -2.41. The number of amides is 2. The number of carbonyl (C=O) groups excluding carboxylic acids is 2. The number of nitrogens with one attached hydrogen (secondary N) is 1. The molecular formula is C7H12N2O2. The van der Waals surface area contributed by atoms with E-state index < -0.39 is 0 Å². The highest BCUT2D eigenvalue weighted by Crippen LogP contribution is 2.15. The number of hydrogen-bond acceptors (Lipinski definition) is 2. The summed E-state index contributed by atoms with van der Waals surface area (Å²) in [4.78, 5) is 23.5. The first-order valence-electron chi connectivity index (χ1n) is 3.64. The Balaban J connectivity index is 2.61. The predicted octanol–water partition coefficient (Wildman–Crippen LogP) is -0.647. The zero-order valence-corrected chi connectivity index (χ0v) is 6.76. The van der Waals surface area contributed by atoms with Gasteiger partial charge in [0.05, 0.1) is 0 Å². The number of likely N-dealkylation sites (N-methyl/N-ethyl adjacent to an activating group) is 2. The standard InChI is InChI=1S/C7H12N2O2/c1-8-7(11)5-3-4-6(10)9(5)2/h5H,3-4H2,1-2H3,(H,8,11)/t5-/m1/s1. The first kappa shape index (κ1) is 8.04. The second kappa shape index (κ2) is 2.90. The van der Waals surface area contributed by atoms with E-state index in [1.165, 1.54) is 4.90 Å². The van der Waals surface area contributed by atoms with Crippen molar-refractivity contribution in [1.82, 2.24) is 10.2 Å². The first-order chi connectivity index (χ1) is 5.16. The summed E-state index contributed by atoms with van der Waals surface area (Å²) < 4.78 is 0. The molecule has 1 atom stereocenters. The predicted molar refractivity (Wildman–Crippen MR) is 39.9 cm³/mol. The van der Waals surface area contributed by atoms with Crippen LogP contribution in [-0.4, -0.2) is 36.9 Å². The van der Waals surface area contributed by atoms with E-state index >= 15 is 0 Å². The first-order valence-corrected chi connectivity index (χ1v) is 3.64. The smallest absolute Gasteiger partial charge is 0.242 e. The molecule has 0 aromatic rings. The minimum Gasteiger partial charge on any atom is -0.357 e. The Morgan fingerprint density at radius 3 is 2.73 bits per heavy atom. The van der Waals surface area contributed by atoms with E-state index in [0.29, 0.717) is 12.8 Å². The van der Waals surface area contributed by atoms with E-state index in [0.717, 1.165) is 0 Å². The summed E-state index contributed by atoms with van der Waals surface area (Å²) in [6.07, 6.45) is 1.14. The van der Waals surface area contributed by atoms with Gasteiger partial charge in [0.1, 0.15) is 6.04 Å². The summed E-state index contributed by atoms with van der Waals surface area (Å²) in [5.41, 5.74) is 0. The van der Waals surface area contributed by atoms with Crippen LogP contribution < -0.4 is 5.32 Å². The van der Waals surface area contributed by atoms with Crippen LogP contribution >= 0.6 is 0 Å². The van der Waals surface area contributed by atoms with Gasteiger partial charge < -0.3 is 10.2 Å². The highest BCUT2D eigenvalue weighted by Gasteiger charge is 2.32. The zero-order chi connectivity index (χ0) is 8.43. The third kappa shape index (κ3) is 1.34. The van der Waals surface area contributed by atoms with Crippen LogP contribution in [0.25, 0.3) is 0 Å². The largest absolute Gasteiger partial charge is 0.357 e. The highest BCUT2D eigenvalue weighted by atomic mass is 16.2. The average Bonchev–Trinajstić information content (AvgIpc) is 2.32. The van der Waals surface area contributed by atoms with Gasteiger partial charge in [-0.3, -0.25) is 9.59 Å². The minimum atomic E-state index is -0.243. The molecule has 62 valence electrons. The van der Waals surface area contributed by atoms with Crippen LogP contribution in [0.1, 0.15) is 12.8 Å². The molecule has 1 heterocycles. The molecule has 1 fully saturated rings. The molecule has 0 spiro atoms. The molecule has 0 saturated carbocycles. The van der Waals surface area contributed by atoms with E-state index in [2.05, 4.69) is 5.32 Å². The van der Waals surface area contributed by atoms with Gasteiger partial charge in [-0.05, 0) is 6.42 Å². The fourth-order valence-corrected chi connectivity index (χ4v) is 1.28. The quantitative estimate of drug-likeness (QED) is 0.548. The van der Waals surface area contributed by atoms with Crippen molar-refractivity contribution in [3.63, 3.8) is 0 Å². The molecule has 0 unspecified atom stereocenters. The maximum atomic E-state index is 11.1. The Kier molecular flexibility index (Phi) is 2.12. The van der Waals surface area contributed by atoms with Crippen molar-refractivity contribution in [2.45, 2.75) is 18.9 Å². The third-order valence-electron chi connectivity index (χ3n) is 2.04.